The number of nitrogens with one attached hydrogen (secondary N) is 1. The Bertz CT molecular complexity index is 560. The molecule has 0 atom stereocenters. The molecule has 1 aromatic heterocycles. The fourth-order valence-electron chi connectivity index (χ4n) is 1.46. The average Bonchev–Trinajstić information content (AvgIpc) is 2.73. The van der Waals surface area contributed by atoms with Crippen molar-refractivity contribution < 1.29 is 13.2 Å². The molecule has 0 unspecified atom stereocenters. The number of halogens is 3. The van der Waals surface area contributed by atoms with E-state index in [1.165, 1.54) is 0 Å². The number of rotatable bonds is 4. The predicted octanol–water partition coefficient (Wildman–Crippen LogP) is 3.12. The lowest BCUT2D eigenvalue weighted by Crippen LogP contribution is -2.21. The van der Waals surface area contributed by atoms with Gasteiger partial charge in [-0.25, -0.2) is 13.2 Å². The van der Waals surface area contributed by atoms with Crippen molar-refractivity contribution in [1.82, 2.24) is 15.5 Å². The van der Waals surface area contributed by atoms with Crippen LogP contribution in [0.3, 0.4) is 0 Å². The van der Waals surface area contributed by atoms with Gasteiger partial charge in [-0.2, -0.15) is 0 Å². The van der Waals surface area contributed by atoms with Crippen LogP contribution in [0.1, 0.15) is 18.9 Å². The van der Waals surface area contributed by atoms with Crippen LogP contribution in [0.2, 0.25) is 0 Å². The van der Waals surface area contributed by atoms with Crippen LogP contribution in [0.15, 0.2) is 12.1 Å². The summed E-state index contributed by atoms with van der Waals surface area (Å²) in [4.78, 5) is 0. The van der Waals surface area contributed by atoms with Crippen molar-refractivity contribution in [2.75, 3.05) is 0 Å². The summed E-state index contributed by atoms with van der Waals surface area (Å²) in [5.74, 6) is -2.90. The Morgan fingerprint density at radius 3 is 2.37 bits per heavy atom. The van der Waals surface area contributed by atoms with Crippen LogP contribution in [0.25, 0.3) is 10.6 Å². The molecule has 19 heavy (non-hydrogen) atoms. The predicted molar refractivity (Wildman–Crippen MR) is 67.2 cm³/mol. The van der Waals surface area contributed by atoms with Gasteiger partial charge >= 0.3 is 0 Å². The van der Waals surface area contributed by atoms with Crippen molar-refractivity contribution in [2.24, 2.45) is 0 Å². The molecule has 0 fully saturated rings. The molecule has 0 bridgehead atoms. The van der Waals surface area contributed by atoms with Crippen LogP contribution in [0, 0.1) is 17.5 Å². The molecule has 0 aliphatic rings. The van der Waals surface area contributed by atoms with E-state index in [4.69, 9.17) is 0 Å². The molecule has 0 saturated heterocycles. The van der Waals surface area contributed by atoms with E-state index >= 15 is 0 Å². The van der Waals surface area contributed by atoms with Gasteiger partial charge in [-0.3, -0.25) is 0 Å². The second-order valence-corrected chi connectivity index (χ2v) is 5.34. The largest absolute Gasteiger partial charge is 0.308 e. The third kappa shape index (κ3) is 3.30. The van der Waals surface area contributed by atoms with Crippen molar-refractivity contribution in [3.05, 3.63) is 34.6 Å². The van der Waals surface area contributed by atoms with Crippen molar-refractivity contribution >= 4 is 11.3 Å². The van der Waals surface area contributed by atoms with Gasteiger partial charge in [-0.15, -0.1) is 10.2 Å². The second-order valence-electron chi connectivity index (χ2n) is 4.28. The lowest BCUT2D eigenvalue weighted by molar-refractivity contribution is 0.547. The molecule has 1 N–H and O–H groups in total. The van der Waals surface area contributed by atoms with Gasteiger partial charge in [-0.1, -0.05) is 25.2 Å². The van der Waals surface area contributed by atoms with Crippen LogP contribution in [-0.4, -0.2) is 16.2 Å². The highest BCUT2D eigenvalue weighted by molar-refractivity contribution is 7.14. The average molecular weight is 287 g/mol. The normalized spacial score (nSPS) is 11.3. The van der Waals surface area contributed by atoms with Gasteiger partial charge in [0.05, 0.1) is 5.56 Å². The highest BCUT2D eigenvalue weighted by Crippen LogP contribution is 2.29. The number of hydrogen-bond donors (Lipinski definition) is 1. The Labute approximate surface area is 112 Å². The Morgan fingerprint density at radius 2 is 1.79 bits per heavy atom. The second kappa shape index (κ2) is 5.66. The standard InChI is InChI=1S/C12H12F3N3S/c1-6(2)16-5-10-17-18-12(19-10)11-8(14)3-7(13)4-9(11)15/h3-4,6,16H,5H2,1-2H3. The Hall–Kier alpha value is -1.47. The third-order valence-corrected chi connectivity index (χ3v) is 3.29. The SMILES string of the molecule is CC(C)NCc1nnc(-c2c(F)cc(F)cc2F)s1. The lowest BCUT2D eigenvalue weighted by atomic mass is 10.2. The first-order valence-electron chi connectivity index (χ1n) is 5.68. The van der Waals surface area contributed by atoms with Crippen LogP contribution >= 0.6 is 11.3 Å². The molecule has 3 nitrogen and oxygen atoms in total. The van der Waals surface area contributed by atoms with Crippen LogP contribution in [-0.2, 0) is 6.54 Å². The summed E-state index contributed by atoms with van der Waals surface area (Å²) in [6.07, 6.45) is 0. The maximum Gasteiger partial charge on any atom is 0.153 e. The van der Waals surface area contributed by atoms with E-state index in [9.17, 15) is 13.2 Å². The van der Waals surface area contributed by atoms with Gasteiger partial charge in [0, 0.05) is 24.7 Å². The summed E-state index contributed by atoms with van der Waals surface area (Å²) >= 11 is 1.07. The molecular weight excluding hydrogens is 275 g/mol. The van der Waals surface area contributed by atoms with Crippen LogP contribution in [0.4, 0.5) is 13.2 Å². The molecule has 7 heteroatoms. The zero-order valence-electron chi connectivity index (χ0n) is 10.4. The van der Waals surface area contributed by atoms with Crippen LogP contribution < -0.4 is 5.32 Å². The minimum absolute atomic E-state index is 0.107. The minimum Gasteiger partial charge on any atom is -0.308 e. The lowest BCUT2D eigenvalue weighted by Gasteiger charge is -2.03. The smallest absolute Gasteiger partial charge is 0.153 e. The zero-order chi connectivity index (χ0) is 14.0. The Morgan fingerprint density at radius 1 is 1.16 bits per heavy atom. The first kappa shape index (κ1) is 14.0. The first-order chi connectivity index (χ1) is 8.97. The summed E-state index contributed by atoms with van der Waals surface area (Å²) < 4.78 is 39.9. The maximum atomic E-state index is 13.6. The molecule has 1 heterocycles. The Balaban J connectivity index is 2.28. The van der Waals surface area contributed by atoms with E-state index < -0.39 is 17.5 Å². The number of nitrogens with zero attached hydrogens (tertiary/aromatic N) is 2. The van der Waals surface area contributed by atoms with Crippen LogP contribution in [0.5, 0.6) is 0 Å². The summed E-state index contributed by atoms with van der Waals surface area (Å²) in [6, 6.07) is 1.53. The molecule has 0 saturated carbocycles. The number of aromatic nitrogens is 2. The highest BCUT2D eigenvalue weighted by Gasteiger charge is 2.17. The van der Waals surface area contributed by atoms with E-state index in [0.717, 1.165) is 11.3 Å². The summed E-state index contributed by atoms with van der Waals surface area (Å²) in [5, 5.41) is 11.4. The van der Waals surface area contributed by atoms with E-state index in [2.05, 4.69) is 15.5 Å². The topological polar surface area (TPSA) is 37.8 Å². The third-order valence-electron chi connectivity index (χ3n) is 2.35. The molecule has 0 aliphatic carbocycles. The molecule has 0 spiro atoms. The maximum absolute atomic E-state index is 13.6. The highest BCUT2D eigenvalue weighted by atomic mass is 32.1. The van der Waals surface area contributed by atoms with Gasteiger partial charge in [0.1, 0.15) is 22.5 Å². The van der Waals surface area contributed by atoms with Crippen molar-refractivity contribution in [1.29, 1.82) is 0 Å². The van der Waals surface area contributed by atoms with Crippen molar-refractivity contribution in [2.45, 2.75) is 26.4 Å². The van der Waals surface area contributed by atoms with E-state index in [1.807, 2.05) is 13.8 Å². The monoisotopic (exact) mass is 287 g/mol. The fourth-order valence-corrected chi connectivity index (χ4v) is 2.30. The fraction of sp³-hybridized carbons (Fsp3) is 0.333. The summed E-state index contributed by atoms with van der Waals surface area (Å²) in [5.41, 5.74) is -0.338. The van der Waals surface area contributed by atoms with Gasteiger partial charge < -0.3 is 5.32 Å². The molecule has 2 aromatic rings. The van der Waals surface area contributed by atoms with Gasteiger partial charge in [0.25, 0.3) is 0 Å². The van der Waals surface area contributed by atoms with Crippen molar-refractivity contribution in [3.63, 3.8) is 0 Å². The van der Waals surface area contributed by atoms with Gasteiger partial charge in [0.15, 0.2) is 5.01 Å². The minimum atomic E-state index is -0.975. The first-order valence-corrected chi connectivity index (χ1v) is 6.49. The number of benzene rings is 1. The van der Waals surface area contributed by atoms with E-state index in [-0.39, 0.29) is 16.6 Å². The molecule has 102 valence electrons. The molecule has 0 radical (unpaired) electrons. The van der Waals surface area contributed by atoms with Crippen molar-refractivity contribution in [3.8, 4) is 10.6 Å². The van der Waals surface area contributed by atoms with E-state index in [1.54, 1.807) is 0 Å². The molecular formula is C12H12F3N3S. The summed E-state index contributed by atoms with van der Waals surface area (Å²) in [7, 11) is 0. The van der Waals surface area contributed by atoms with Gasteiger partial charge in [-0.05, 0) is 0 Å². The molecule has 2 rings (SSSR count). The molecule has 0 aliphatic heterocycles. The molecule has 1 aromatic carbocycles. The molecule has 0 amide bonds. The summed E-state index contributed by atoms with van der Waals surface area (Å²) in [6.45, 7) is 4.42. The van der Waals surface area contributed by atoms with Gasteiger partial charge in [0.2, 0.25) is 0 Å². The quantitative estimate of drug-likeness (QED) is 0.939. The zero-order valence-corrected chi connectivity index (χ0v) is 11.2. The Kier molecular flexibility index (Phi) is 4.16. The van der Waals surface area contributed by atoms with E-state index in [0.29, 0.717) is 23.7 Å². The number of hydrogen-bond acceptors (Lipinski definition) is 4.